The fourth-order valence-electron chi connectivity index (χ4n) is 1.89. The summed E-state index contributed by atoms with van der Waals surface area (Å²) in [5.41, 5.74) is 0.656. The zero-order valence-corrected chi connectivity index (χ0v) is 13.1. The van der Waals surface area contributed by atoms with Crippen LogP contribution in [-0.2, 0) is 9.53 Å². The van der Waals surface area contributed by atoms with E-state index in [-0.39, 0.29) is 23.8 Å². The van der Waals surface area contributed by atoms with E-state index >= 15 is 0 Å². The molecule has 0 radical (unpaired) electrons. The quantitative estimate of drug-likeness (QED) is 0.618. The molecule has 3 nitrogen and oxygen atoms in total. The van der Waals surface area contributed by atoms with Gasteiger partial charge in [-0.3, -0.25) is 9.59 Å². The molecular formula is C17H18O3S. The summed E-state index contributed by atoms with van der Waals surface area (Å²) < 4.78 is 5.20. The van der Waals surface area contributed by atoms with E-state index in [0.29, 0.717) is 10.4 Å². The van der Waals surface area contributed by atoms with Crippen molar-refractivity contribution in [2.75, 3.05) is 0 Å². The van der Waals surface area contributed by atoms with Crippen LogP contribution in [0.4, 0.5) is 0 Å². The number of carbonyl (C=O) groups excluding carboxylic acids is 2. The number of carbonyl (C=O) groups is 2. The number of rotatable bonds is 5. The fraction of sp³-hybridized carbons (Fsp3) is 0.294. The lowest BCUT2D eigenvalue weighted by molar-refractivity contribution is -0.148. The molecular weight excluding hydrogens is 284 g/mol. The van der Waals surface area contributed by atoms with Crippen molar-refractivity contribution in [2.24, 2.45) is 0 Å². The molecule has 4 heteroatoms. The Balaban J connectivity index is 2.15. The Morgan fingerprint density at radius 2 is 1.67 bits per heavy atom. The highest BCUT2D eigenvalue weighted by Gasteiger charge is 2.21. The Morgan fingerprint density at radius 3 is 2.29 bits per heavy atom. The van der Waals surface area contributed by atoms with Gasteiger partial charge in [-0.1, -0.05) is 30.3 Å². The Labute approximate surface area is 128 Å². The normalized spacial score (nSPS) is 12.2. The molecule has 2 aromatic rings. The number of ether oxygens (including phenoxy) is 1. The van der Waals surface area contributed by atoms with Crippen LogP contribution in [-0.4, -0.2) is 17.9 Å². The second kappa shape index (κ2) is 6.68. The van der Waals surface area contributed by atoms with Gasteiger partial charge >= 0.3 is 5.97 Å². The van der Waals surface area contributed by atoms with E-state index in [1.165, 1.54) is 11.3 Å². The Bertz CT molecular complexity index is 628. The van der Waals surface area contributed by atoms with Crippen LogP contribution in [0.1, 0.15) is 46.8 Å². The van der Waals surface area contributed by atoms with E-state index < -0.39 is 0 Å². The molecule has 110 valence electrons. The Morgan fingerprint density at radius 1 is 1.00 bits per heavy atom. The van der Waals surface area contributed by atoms with Crippen LogP contribution < -0.4 is 0 Å². The van der Waals surface area contributed by atoms with E-state index in [9.17, 15) is 9.59 Å². The molecule has 0 amide bonds. The zero-order valence-electron chi connectivity index (χ0n) is 12.3. The van der Waals surface area contributed by atoms with Crippen molar-refractivity contribution in [3.8, 4) is 0 Å². The van der Waals surface area contributed by atoms with Gasteiger partial charge in [-0.25, -0.2) is 0 Å². The topological polar surface area (TPSA) is 43.4 Å². The first-order valence-corrected chi connectivity index (χ1v) is 7.70. The van der Waals surface area contributed by atoms with Gasteiger partial charge in [-0.2, -0.15) is 0 Å². The highest BCUT2D eigenvalue weighted by molar-refractivity contribution is 7.14. The maximum atomic E-state index is 12.3. The van der Waals surface area contributed by atoms with Gasteiger partial charge in [0.15, 0.2) is 0 Å². The average Bonchev–Trinajstić information content (AvgIpc) is 2.95. The molecule has 0 bridgehead atoms. The minimum absolute atomic E-state index is 0.0173. The molecule has 0 fully saturated rings. The highest BCUT2D eigenvalue weighted by Crippen LogP contribution is 2.27. The summed E-state index contributed by atoms with van der Waals surface area (Å²) in [7, 11) is 0. The Hall–Kier alpha value is -1.94. The zero-order chi connectivity index (χ0) is 15.4. The standard InChI is InChI=1S/C17H18O3S/c1-11(2)20-17(19)12(3)14-9-10-15(21-14)16(18)13-7-5-4-6-8-13/h4-12H,1-3H3. The predicted molar refractivity (Wildman–Crippen MR) is 83.8 cm³/mol. The van der Waals surface area contributed by atoms with Crippen molar-refractivity contribution in [3.63, 3.8) is 0 Å². The van der Waals surface area contributed by atoms with Gasteiger partial charge in [0.2, 0.25) is 5.78 Å². The SMILES string of the molecule is CC(C)OC(=O)C(C)c1ccc(C(=O)c2ccccc2)s1. The van der Waals surface area contributed by atoms with Crippen LogP contribution in [0, 0.1) is 0 Å². The van der Waals surface area contributed by atoms with Crippen LogP contribution in [0.15, 0.2) is 42.5 Å². The highest BCUT2D eigenvalue weighted by atomic mass is 32.1. The third-order valence-corrected chi connectivity index (χ3v) is 4.29. The summed E-state index contributed by atoms with van der Waals surface area (Å²) in [6.45, 7) is 5.44. The van der Waals surface area contributed by atoms with E-state index in [1.807, 2.05) is 38.1 Å². The molecule has 2 rings (SSSR count). The van der Waals surface area contributed by atoms with Crippen molar-refractivity contribution < 1.29 is 14.3 Å². The van der Waals surface area contributed by atoms with Gasteiger partial charge in [0.1, 0.15) is 0 Å². The molecule has 0 spiro atoms. The lowest BCUT2D eigenvalue weighted by Gasteiger charge is -2.12. The summed E-state index contributed by atoms with van der Waals surface area (Å²) in [6.07, 6.45) is -0.134. The number of hydrogen-bond donors (Lipinski definition) is 0. The first-order valence-electron chi connectivity index (χ1n) is 6.89. The molecule has 1 atom stereocenters. The van der Waals surface area contributed by atoms with E-state index in [2.05, 4.69) is 0 Å². The average molecular weight is 302 g/mol. The van der Waals surface area contributed by atoms with Gasteiger partial charge in [-0.15, -0.1) is 11.3 Å². The largest absolute Gasteiger partial charge is 0.462 e. The summed E-state index contributed by atoms with van der Waals surface area (Å²) in [5, 5.41) is 0. The predicted octanol–water partition coefficient (Wildman–Crippen LogP) is 4.03. The molecule has 1 heterocycles. The first kappa shape index (κ1) is 15.4. The van der Waals surface area contributed by atoms with Crippen molar-refractivity contribution in [1.82, 2.24) is 0 Å². The minimum atomic E-state index is -0.352. The molecule has 21 heavy (non-hydrogen) atoms. The summed E-state index contributed by atoms with van der Waals surface area (Å²) in [5.74, 6) is -0.628. The van der Waals surface area contributed by atoms with Crippen molar-refractivity contribution in [2.45, 2.75) is 32.8 Å². The van der Waals surface area contributed by atoms with Gasteiger partial charge in [-0.05, 0) is 32.9 Å². The van der Waals surface area contributed by atoms with E-state index in [1.54, 1.807) is 25.1 Å². The number of esters is 1. The second-order valence-electron chi connectivity index (χ2n) is 5.10. The third-order valence-electron chi connectivity index (χ3n) is 3.02. The molecule has 0 aliphatic rings. The van der Waals surface area contributed by atoms with Crippen LogP contribution in [0.5, 0.6) is 0 Å². The van der Waals surface area contributed by atoms with Crippen LogP contribution >= 0.6 is 11.3 Å². The Kier molecular flexibility index (Phi) is 4.91. The van der Waals surface area contributed by atoms with Gasteiger partial charge in [0, 0.05) is 10.4 Å². The van der Waals surface area contributed by atoms with Crippen LogP contribution in [0.2, 0.25) is 0 Å². The second-order valence-corrected chi connectivity index (χ2v) is 6.22. The summed E-state index contributed by atoms with van der Waals surface area (Å²) >= 11 is 1.35. The van der Waals surface area contributed by atoms with E-state index in [0.717, 1.165) is 4.88 Å². The lowest BCUT2D eigenvalue weighted by atomic mass is 10.1. The third kappa shape index (κ3) is 3.79. The van der Waals surface area contributed by atoms with Crippen molar-refractivity contribution in [1.29, 1.82) is 0 Å². The van der Waals surface area contributed by atoms with E-state index in [4.69, 9.17) is 4.74 Å². The number of thiophene rings is 1. The van der Waals surface area contributed by atoms with Gasteiger partial charge in [0.25, 0.3) is 0 Å². The molecule has 0 saturated carbocycles. The molecule has 1 unspecified atom stereocenters. The molecule has 0 saturated heterocycles. The lowest BCUT2D eigenvalue weighted by Crippen LogP contribution is -2.16. The number of ketones is 1. The number of benzene rings is 1. The minimum Gasteiger partial charge on any atom is -0.462 e. The molecule has 1 aromatic heterocycles. The summed E-state index contributed by atoms with van der Waals surface area (Å²) in [4.78, 5) is 25.7. The van der Waals surface area contributed by atoms with Gasteiger partial charge < -0.3 is 4.74 Å². The smallest absolute Gasteiger partial charge is 0.314 e. The van der Waals surface area contributed by atoms with Crippen LogP contribution in [0.25, 0.3) is 0 Å². The summed E-state index contributed by atoms with van der Waals surface area (Å²) in [6, 6.07) is 12.7. The maximum absolute atomic E-state index is 12.3. The first-order chi connectivity index (χ1) is 9.99. The van der Waals surface area contributed by atoms with Crippen molar-refractivity contribution >= 4 is 23.1 Å². The molecule has 0 N–H and O–H groups in total. The van der Waals surface area contributed by atoms with Crippen LogP contribution in [0.3, 0.4) is 0 Å². The monoisotopic (exact) mass is 302 g/mol. The van der Waals surface area contributed by atoms with Gasteiger partial charge in [0.05, 0.1) is 16.9 Å². The molecule has 1 aromatic carbocycles. The maximum Gasteiger partial charge on any atom is 0.314 e. The fourth-order valence-corrected chi connectivity index (χ4v) is 2.90. The molecule has 0 aliphatic heterocycles. The number of hydrogen-bond acceptors (Lipinski definition) is 4. The molecule has 0 aliphatic carbocycles. The van der Waals surface area contributed by atoms with Crippen molar-refractivity contribution in [3.05, 3.63) is 57.8 Å².